The number of nitrogens with zero attached hydrogens (tertiary/aromatic N) is 2. The monoisotopic (exact) mass is 502 g/mol. The molecule has 1 atom stereocenters. The molecular weight excluding hydrogens is 477 g/mol. The number of anilines is 3. The summed E-state index contributed by atoms with van der Waals surface area (Å²) in [5.74, 6) is -5.37. The Morgan fingerprint density at radius 1 is 1.14 bits per heavy atom. The molecule has 1 aliphatic rings. The molecule has 1 heterocycles. The van der Waals surface area contributed by atoms with Crippen LogP contribution in [0.15, 0.2) is 40.1 Å². The number of rotatable bonds is 7. The smallest absolute Gasteiger partial charge is 0.260 e. The molecule has 0 aliphatic heterocycles. The van der Waals surface area contributed by atoms with Gasteiger partial charge >= 0.3 is 0 Å². The number of hydrogen-bond donors (Lipinski definition) is 3. The second-order valence-corrected chi connectivity index (χ2v) is 9.70. The van der Waals surface area contributed by atoms with Gasteiger partial charge in [0.25, 0.3) is 16.8 Å². The molecule has 1 saturated carbocycles. The Bertz CT molecular complexity index is 1420. The van der Waals surface area contributed by atoms with Crippen LogP contribution in [0, 0.1) is 18.2 Å². The number of benzene rings is 1. The number of aromatic nitrogens is 1. The summed E-state index contributed by atoms with van der Waals surface area (Å²) in [5, 5.41) is 16.1. The fraction of sp³-hybridized carbons (Fsp3) is 0.360. The standard InChI is InChI=1S/C25H25F3N4O4/c1-12-6-5-9-29-16(12)22(24(2)10-25(27,28)11-24)31-18-17(20(34)21(18)35)30-14-8-7-13(26)15(19(14)33)23(36)32(3)4/h5-9,22,30-31,33H,10-11H2,1-4H3/t22-/m0/s1. The lowest BCUT2D eigenvalue weighted by molar-refractivity contribution is -0.161. The van der Waals surface area contributed by atoms with E-state index in [9.17, 15) is 32.7 Å². The summed E-state index contributed by atoms with van der Waals surface area (Å²) in [4.78, 5) is 42.7. The minimum absolute atomic E-state index is 0.171. The first-order valence-corrected chi connectivity index (χ1v) is 11.1. The van der Waals surface area contributed by atoms with Crippen molar-refractivity contribution in [1.29, 1.82) is 0 Å². The molecule has 36 heavy (non-hydrogen) atoms. The molecule has 11 heteroatoms. The van der Waals surface area contributed by atoms with Crippen molar-refractivity contribution in [3.8, 4) is 5.75 Å². The molecule has 0 saturated heterocycles. The van der Waals surface area contributed by atoms with Gasteiger partial charge in [-0.2, -0.15) is 0 Å². The number of carbonyl (C=O) groups is 1. The summed E-state index contributed by atoms with van der Waals surface area (Å²) in [6.45, 7) is 3.41. The van der Waals surface area contributed by atoms with Crippen LogP contribution in [0.1, 0.15) is 47.4 Å². The fourth-order valence-electron chi connectivity index (χ4n) is 4.73. The minimum atomic E-state index is -2.86. The molecule has 1 amide bonds. The molecule has 1 fully saturated rings. The maximum Gasteiger partial charge on any atom is 0.260 e. The summed E-state index contributed by atoms with van der Waals surface area (Å²) in [5.41, 5.74) is -2.79. The fourth-order valence-corrected chi connectivity index (χ4v) is 4.73. The van der Waals surface area contributed by atoms with Gasteiger partial charge in [-0.05, 0) is 30.7 Å². The number of aromatic hydroxyl groups is 1. The third-order valence-corrected chi connectivity index (χ3v) is 6.55. The van der Waals surface area contributed by atoms with Crippen molar-refractivity contribution in [2.75, 3.05) is 24.7 Å². The zero-order chi connectivity index (χ0) is 26.6. The van der Waals surface area contributed by atoms with Crippen LogP contribution < -0.4 is 21.5 Å². The van der Waals surface area contributed by atoms with Gasteiger partial charge in [-0.15, -0.1) is 0 Å². The van der Waals surface area contributed by atoms with Gasteiger partial charge in [0, 0.05) is 38.5 Å². The van der Waals surface area contributed by atoms with Crippen LogP contribution in [0.4, 0.5) is 30.2 Å². The van der Waals surface area contributed by atoms with E-state index in [1.54, 1.807) is 26.0 Å². The highest BCUT2D eigenvalue weighted by atomic mass is 19.3. The quantitative estimate of drug-likeness (QED) is 0.332. The Hall–Kier alpha value is -3.89. The number of phenolic OH excluding ortho intramolecular Hbond substituents is 1. The number of amides is 1. The highest BCUT2D eigenvalue weighted by molar-refractivity contribution is 5.99. The summed E-state index contributed by atoms with van der Waals surface area (Å²) in [6.07, 6.45) is 0.625. The Labute approximate surface area is 204 Å². The van der Waals surface area contributed by atoms with Crippen LogP contribution >= 0.6 is 0 Å². The summed E-state index contributed by atoms with van der Waals surface area (Å²) >= 11 is 0. The Morgan fingerprint density at radius 2 is 1.78 bits per heavy atom. The third-order valence-electron chi connectivity index (χ3n) is 6.55. The molecule has 3 aromatic rings. The number of phenols is 1. The van der Waals surface area contributed by atoms with E-state index in [4.69, 9.17) is 0 Å². The predicted molar refractivity (Wildman–Crippen MR) is 128 cm³/mol. The van der Waals surface area contributed by atoms with E-state index in [0.29, 0.717) is 11.3 Å². The second kappa shape index (κ2) is 8.65. The minimum Gasteiger partial charge on any atom is -0.505 e. The highest BCUT2D eigenvalue weighted by Crippen LogP contribution is 2.58. The van der Waals surface area contributed by atoms with E-state index in [0.717, 1.165) is 17.0 Å². The molecule has 0 spiro atoms. The van der Waals surface area contributed by atoms with Crippen LogP contribution in [0.2, 0.25) is 0 Å². The van der Waals surface area contributed by atoms with Crippen molar-refractivity contribution in [3.05, 3.63) is 73.5 Å². The van der Waals surface area contributed by atoms with E-state index in [1.165, 1.54) is 20.3 Å². The molecule has 0 unspecified atom stereocenters. The van der Waals surface area contributed by atoms with Crippen molar-refractivity contribution in [1.82, 2.24) is 9.88 Å². The first-order valence-electron chi connectivity index (χ1n) is 11.1. The van der Waals surface area contributed by atoms with E-state index < -0.39 is 64.1 Å². The van der Waals surface area contributed by atoms with E-state index in [1.807, 2.05) is 0 Å². The van der Waals surface area contributed by atoms with E-state index in [-0.39, 0.29) is 17.1 Å². The molecular formula is C25H25F3N4O4. The lowest BCUT2D eigenvalue weighted by Gasteiger charge is -2.50. The zero-order valence-corrected chi connectivity index (χ0v) is 20.1. The Balaban J connectivity index is 1.72. The maximum atomic E-state index is 14.3. The highest BCUT2D eigenvalue weighted by Gasteiger charge is 2.58. The van der Waals surface area contributed by atoms with Crippen molar-refractivity contribution >= 4 is 23.0 Å². The maximum absolute atomic E-state index is 14.3. The lowest BCUT2D eigenvalue weighted by Crippen LogP contribution is -2.51. The first kappa shape index (κ1) is 25.2. The van der Waals surface area contributed by atoms with Crippen LogP contribution in [0.5, 0.6) is 5.75 Å². The molecule has 1 aromatic heterocycles. The van der Waals surface area contributed by atoms with Crippen molar-refractivity contribution < 1.29 is 23.1 Å². The van der Waals surface area contributed by atoms with E-state index in [2.05, 4.69) is 15.6 Å². The Morgan fingerprint density at radius 3 is 2.36 bits per heavy atom. The largest absolute Gasteiger partial charge is 0.505 e. The van der Waals surface area contributed by atoms with Crippen LogP contribution in [-0.2, 0) is 0 Å². The average Bonchev–Trinajstić information content (AvgIpc) is 2.78. The normalized spacial score (nSPS) is 16.8. The van der Waals surface area contributed by atoms with Gasteiger partial charge < -0.3 is 20.6 Å². The van der Waals surface area contributed by atoms with Crippen molar-refractivity contribution in [3.63, 3.8) is 0 Å². The number of aryl methyl sites for hydroxylation is 1. The van der Waals surface area contributed by atoms with Gasteiger partial charge in [-0.3, -0.25) is 19.4 Å². The topological polar surface area (TPSA) is 112 Å². The number of halogens is 3. The molecule has 1 aliphatic carbocycles. The van der Waals surface area contributed by atoms with Gasteiger partial charge in [0.2, 0.25) is 5.92 Å². The molecule has 4 rings (SSSR count). The number of nitrogens with one attached hydrogen (secondary N) is 2. The third kappa shape index (κ3) is 4.18. The summed E-state index contributed by atoms with van der Waals surface area (Å²) < 4.78 is 42.1. The van der Waals surface area contributed by atoms with Crippen molar-refractivity contribution in [2.24, 2.45) is 5.41 Å². The number of hydrogen-bond acceptors (Lipinski definition) is 7. The molecule has 8 nitrogen and oxygen atoms in total. The molecule has 190 valence electrons. The van der Waals surface area contributed by atoms with Gasteiger partial charge in [0.1, 0.15) is 22.8 Å². The van der Waals surface area contributed by atoms with Gasteiger partial charge in [0.15, 0.2) is 5.75 Å². The van der Waals surface area contributed by atoms with Gasteiger partial charge in [-0.25, -0.2) is 13.2 Å². The summed E-state index contributed by atoms with van der Waals surface area (Å²) in [6, 6.07) is 4.69. The average molecular weight is 502 g/mol. The van der Waals surface area contributed by atoms with Gasteiger partial charge in [-0.1, -0.05) is 13.0 Å². The van der Waals surface area contributed by atoms with Gasteiger partial charge in [0.05, 0.1) is 17.4 Å². The zero-order valence-electron chi connectivity index (χ0n) is 20.1. The molecule has 3 N–H and O–H groups in total. The van der Waals surface area contributed by atoms with Crippen LogP contribution in [-0.4, -0.2) is 40.9 Å². The molecule has 2 aromatic carbocycles. The number of pyridine rings is 1. The number of alkyl halides is 2. The summed E-state index contributed by atoms with van der Waals surface area (Å²) in [7, 11) is 2.76. The molecule has 0 bridgehead atoms. The van der Waals surface area contributed by atoms with Crippen LogP contribution in [0.3, 0.4) is 0 Å². The first-order chi connectivity index (χ1) is 16.8. The van der Waals surface area contributed by atoms with Crippen LogP contribution in [0.25, 0.3) is 0 Å². The second-order valence-electron chi connectivity index (χ2n) is 9.70. The lowest BCUT2D eigenvalue weighted by atomic mass is 9.61. The van der Waals surface area contributed by atoms with E-state index >= 15 is 0 Å². The molecule has 0 radical (unpaired) electrons. The Kier molecular flexibility index (Phi) is 6.06. The SMILES string of the molecule is Cc1cccnc1[C@H](Nc1c(Nc2ccc(F)c(C(=O)N(C)C)c2O)c(=O)c1=O)C1(C)CC(F)(F)C1. The predicted octanol–water partition coefficient (Wildman–Crippen LogP) is 3.86. The van der Waals surface area contributed by atoms with Crippen molar-refractivity contribution in [2.45, 2.75) is 38.7 Å². The number of carbonyl (C=O) groups excluding carboxylic acids is 1.